The van der Waals surface area contributed by atoms with Crippen LogP contribution >= 0.6 is 0 Å². The Hall–Kier alpha value is -2.33. The largest absolute Gasteiger partial charge is 0.494 e. The molecule has 4 rings (SSSR count). The SMILES string of the molecule is CCOc1ccc2[nH]c3c(c2c1)CCNC3c1ccc(CC)cn1. The summed E-state index contributed by atoms with van der Waals surface area (Å²) >= 11 is 0. The van der Waals surface area contributed by atoms with Gasteiger partial charge in [-0.2, -0.15) is 0 Å². The molecule has 4 nitrogen and oxygen atoms in total. The average Bonchev–Trinajstić information content (AvgIpc) is 3.00. The Balaban J connectivity index is 1.77. The molecule has 1 aliphatic rings. The highest BCUT2D eigenvalue weighted by molar-refractivity contribution is 5.86. The molecule has 124 valence electrons. The highest BCUT2D eigenvalue weighted by Crippen LogP contribution is 2.34. The van der Waals surface area contributed by atoms with Gasteiger partial charge >= 0.3 is 0 Å². The van der Waals surface area contributed by atoms with Gasteiger partial charge in [0.05, 0.1) is 18.3 Å². The molecule has 24 heavy (non-hydrogen) atoms. The number of hydrogen-bond acceptors (Lipinski definition) is 3. The van der Waals surface area contributed by atoms with Crippen LogP contribution in [-0.2, 0) is 12.8 Å². The number of aryl methyl sites for hydroxylation is 1. The van der Waals surface area contributed by atoms with Gasteiger partial charge in [-0.05, 0) is 55.2 Å². The van der Waals surface area contributed by atoms with E-state index in [4.69, 9.17) is 4.74 Å². The molecule has 0 saturated carbocycles. The molecule has 1 aliphatic heterocycles. The molecule has 0 aliphatic carbocycles. The smallest absolute Gasteiger partial charge is 0.120 e. The van der Waals surface area contributed by atoms with Crippen molar-refractivity contribution < 1.29 is 4.74 Å². The Morgan fingerprint density at radius 2 is 2.12 bits per heavy atom. The minimum Gasteiger partial charge on any atom is -0.494 e. The van der Waals surface area contributed by atoms with E-state index in [1.165, 1.54) is 27.7 Å². The van der Waals surface area contributed by atoms with E-state index >= 15 is 0 Å². The Morgan fingerprint density at radius 3 is 2.88 bits per heavy atom. The summed E-state index contributed by atoms with van der Waals surface area (Å²) in [7, 11) is 0. The zero-order chi connectivity index (χ0) is 16.5. The van der Waals surface area contributed by atoms with Crippen molar-refractivity contribution in [1.82, 2.24) is 15.3 Å². The monoisotopic (exact) mass is 321 g/mol. The lowest BCUT2D eigenvalue weighted by molar-refractivity contribution is 0.340. The second-order valence-electron chi connectivity index (χ2n) is 6.24. The van der Waals surface area contributed by atoms with Crippen LogP contribution < -0.4 is 10.1 Å². The van der Waals surface area contributed by atoms with E-state index in [0.29, 0.717) is 6.61 Å². The van der Waals surface area contributed by atoms with Crippen LogP contribution in [0.3, 0.4) is 0 Å². The van der Waals surface area contributed by atoms with E-state index in [0.717, 1.165) is 30.8 Å². The van der Waals surface area contributed by atoms with E-state index in [2.05, 4.69) is 46.5 Å². The van der Waals surface area contributed by atoms with E-state index in [-0.39, 0.29) is 6.04 Å². The van der Waals surface area contributed by atoms with E-state index < -0.39 is 0 Å². The van der Waals surface area contributed by atoms with Crippen molar-refractivity contribution in [3.63, 3.8) is 0 Å². The van der Waals surface area contributed by atoms with Crippen molar-refractivity contribution >= 4 is 10.9 Å². The summed E-state index contributed by atoms with van der Waals surface area (Å²) in [5.74, 6) is 0.937. The van der Waals surface area contributed by atoms with Crippen LogP contribution in [0, 0.1) is 0 Å². The van der Waals surface area contributed by atoms with Gasteiger partial charge in [0.15, 0.2) is 0 Å². The topological polar surface area (TPSA) is 49.9 Å². The number of H-pyrrole nitrogens is 1. The van der Waals surface area contributed by atoms with Gasteiger partial charge < -0.3 is 15.0 Å². The van der Waals surface area contributed by atoms with Crippen LogP contribution in [0.25, 0.3) is 10.9 Å². The highest BCUT2D eigenvalue weighted by atomic mass is 16.5. The minimum atomic E-state index is 0.127. The summed E-state index contributed by atoms with van der Waals surface area (Å²) < 4.78 is 5.67. The van der Waals surface area contributed by atoms with Crippen LogP contribution in [0.2, 0.25) is 0 Å². The molecule has 1 unspecified atom stereocenters. The minimum absolute atomic E-state index is 0.127. The number of benzene rings is 1. The lowest BCUT2D eigenvalue weighted by Gasteiger charge is -2.24. The summed E-state index contributed by atoms with van der Waals surface area (Å²) in [5, 5.41) is 4.88. The Morgan fingerprint density at radius 1 is 1.21 bits per heavy atom. The first-order valence-corrected chi connectivity index (χ1v) is 8.75. The van der Waals surface area contributed by atoms with Gasteiger partial charge in [0.1, 0.15) is 5.75 Å². The maximum Gasteiger partial charge on any atom is 0.120 e. The van der Waals surface area contributed by atoms with Crippen LogP contribution in [0.5, 0.6) is 5.75 Å². The van der Waals surface area contributed by atoms with E-state index in [9.17, 15) is 0 Å². The average molecular weight is 321 g/mol. The molecule has 2 N–H and O–H groups in total. The first-order chi connectivity index (χ1) is 11.8. The van der Waals surface area contributed by atoms with Crippen LogP contribution in [-0.4, -0.2) is 23.1 Å². The third kappa shape index (κ3) is 2.57. The number of rotatable bonds is 4. The lowest BCUT2D eigenvalue weighted by Crippen LogP contribution is -2.31. The Kier molecular flexibility index (Phi) is 3.98. The molecule has 0 amide bonds. The predicted molar refractivity (Wildman–Crippen MR) is 96.6 cm³/mol. The van der Waals surface area contributed by atoms with Crippen molar-refractivity contribution in [3.05, 3.63) is 59.0 Å². The number of hydrogen-bond donors (Lipinski definition) is 2. The van der Waals surface area contributed by atoms with Gasteiger partial charge in [-0.25, -0.2) is 0 Å². The number of fused-ring (bicyclic) bond motifs is 3. The number of nitrogens with zero attached hydrogens (tertiary/aromatic N) is 1. The second kappa shape index (κ2) is 6.29. The number of ether oxygens (including phenoxy) is 1. The molecule has 0 fully saturated rings. The van der Waals surface area contributed by atoms with E-state index in [1.807, 2.05) is 19.2 Å². The Labute approximate surface area is 142 Å². The summed E-state index contributed by atoms with van der Waals surface area (Å²) in [6, 6.07) is 10.7. The molecule has 0 saturated heterocycles. The van der Waals surface area contributed by atoms with Crippen molar-refractivity contribution in [2.45, 2.75) is 32.7 Å². The number of aromatic nitrogens is 2. The van der Waals surface area contributed by atoms with Gasteiger partial charge in [0, 0.05) is 29.3 Å². The van der Waals surface area contributed by atoms with Crippen LogP contribution in [0.15, 0.2) is 36.5 Å². The quantitative estimate of drug-likeness (QED) is 0.769. The number of nitrogens with one attached hydrogen (secondary N) is 2. The molecule has 0 radical (unpaired) electrons. The fraction of sp³-hybridized carbons (Fsp3) is 0.350. The van der Waals surface area contributed by atoms with Gasteiger partial charge in [0.2, 0.25) is 0 Å². The highest BCUT2D eigenvalue weighted by Gasteiger charge is 2.26. The molecule has 0 bridgehead atoms. The van der Waals surface area contributed by atoms with Crippen molar-refractivity contribution in [2.24, 2.45) is 0 Å². The first kappa shape index (κ1) is 15.2. The van der Waals surface area contributed by atoms with Gasteiger partial charge in [0.25, 0.3) is 0 Å². The second-order valence-corrected chi connectivity index (χ2v) is 6.24. The van der Waals surface area contributed by atoms with Gasteiger partial charge in [-0.1, -0.05) is 13.0 Å². The molecule has 1 aromatic carbocycles. The van der Waals surface area contributed by atoms with Crippen molar-refractivity contribution in [3.8, 4) is 5.75 Å². The predicted octanol–water partition coefficient (Wildman–Crippen LogP) is 3.76. The standard InChI is InChI=1S/C20H23N3O/c1-3-13-5-7-18(22-12-13)20-19-15(9-10-21-20)16-11-14(24-4-2)6-8-17(16)23-19/h5-8,11-12,20-21,23H,3-4,9-10H2,1-2H3. The zero-order valence-electron chi connectivity index (χ0n) is 14.2. The number of pyridine rings is 1. The zero-order valence-corrected chi connectivity index (χ0v) is 14.2. The summed E-state index contributed by atoms with van der Waals surface area (Å²) in [5.41, 5.74) is 6.14. The molecular formula is C20H23N3O. The number of aromatic amines is 1. The third-order valence-corrected chi connectivity index (χ3v) is 4.79. The molecule has 3 heterocycles. The van der Waals surface area contributed by atoms with Crippen LogP contribution in [0.4, 0.5) is 0 Å². The van der Waals surface area contributed by atoms with Crippen molar-refractivity contribution in [1.29, 1.82) is 0 Å². The molecule has 1 atom stereocenters. The summed E-state index contributed by atoms with van der Waals surface area (Å²) in [4.78, 5) is 8.29. The van der Waals surface area contributed by atoms with Gasteiger partial charge in [-0.15, -0.1) is 0 Å². The molecule has 0 spiro atoms. The lowest BCUT2D eigenvalue weighted by atomic mass is 9.96. The van der Waals surface area contributed by atoms with Crippen LogP contribution in [0.1, 0.15) is 42.4 Å². The fourth-order valence-electron chi connectivity index (χ4n) is 3.53. The maximum absolute atomic E-state index is 5.67. The van der Waals surface area contributed by atoms with E-state index in [1.54, 1.807) is 0 Å². The molecular weight excluding hydrogens is 298 g/mol. The fourth-order valence-corrected chi connectivity index (χ4v) is 3.53. The van der Waals surface area contributed by atoms with Crippen molar-refractivity contribution in [2.75, 3.05) is 13.2 Å². The molecule has 4 heteroatoms. The first-order valence-electron chi connectivity index (χ1n) is 8.75. The van der Waals surface area contributed by atoms with Gasteiger partial charge in [-0.3, -0.25) is 4.98 Å². The third-order valence-electron chi connectivity index (χ3n) is 4.79. The molecule has 2 aromatic heterocycles. The summed E-state index contributed by atoms with van der Waals surface area (Å²) in [6.45, 7) is 5.82. The molecule has 3 aromatic rings. The summed E-state index contributed by atoms with van der Waals surface area (Å²) in [6.07, 6.45) is 4.03. The normalized spacial score (nSPS) is 17.0. The maximum atomic E-state index is 5.67. The Bertz CT molecular complexity index is 851.